The zero-order valence-corrected chi connectivity index (χ0v) is 8.09. The van der Waals surface area contributed by atoms with Crippen LogP contribution in [0.25, 0.3) is 6.08 Å². The summed E-state index contributed by atoms with van der Waals surface area (Å²) in [6.07, 6.45) is 1.24. The molecule has 82 valence electrons. The van der Waals surface area contributed by atoms with Crippen LogP contribution in [0, 0.1) is 11.6 Å². The Hall–Kier alpha value is -2.04. The molecule has 1 aliphatic rings. The van der Waals surface area contributed by atoms with Crippen molar-refractivity contribution in [1.29, 1.82) is 0 Å². The van der Waals surface area contributed by atoms with E-state index in [0.717, 1.165) is 18.2 Å². The minimum absolute atomic E-state index is 0.0586. The molecule has 0 saturated carbocycles. The van der Waals surface area contributed by atoms with Crippen LogP contribution in [0.3, 0.4) is 0 Å². The molecule has 1 aromatic carbocycles. The lowest BCUT2D eigenvalue weighted by Gasteiger charge is -1.97. The molecule has 1 fully saturated rings. The average molecular weight is 223 g/mol. The Balaban J connectivity index is 2.36. The van der Waals surface area contributed by atoms with Gasteiger partial charge in [-0.3, -0.25) is 14.9 Å². The van der Waals surface area contributed by atoms with Gasteiger partial charge in [0.15, 0.2) is 0 Å². The number of benzene rings is 1. The van der Waals surface area contributed by atoms with Crippen molar-refractivity contribution >= 4 is 17.9 Å². The van der Waals surface area contributed by atoms with Crippen molar-refractivity contribution in [3.63, 3.8) is 0 Å². The Labute approximate surface area is 89.8 Å². The minimum Gasteiger partial charge on any atom is -0.292 e. The van der Waals surface area contributed by atoms with Crippen LogP contribution in [0.5, 0.6) is 0 Å². The predicted molar refractivity (Wildman–Crippen MR) is 52.1 cm³/mol. The van der Waals surface area contributed by atoms with Crippen LogP contribution in [0.4, 0.5) is 8.78 Å². The highest BCUT2D eigenvalue weighted by Gasteiger charge is 2.23. The van der Waals surface area contributed by atoms with E-state index in [1.807, 2.05) is 0 Å². The molecule has 0 unspecified atom stereocenters. The fourth-order valence-electron chi connectivity index (χ4n) is 1.48. The molecule has 3 nitrogen and oxygen atoms in total. The van der Waals surface area contributed by atoms with Crippen molar-refractivity contribution < 1.29 is 18.4 Å². The van der Waals surface area contributed by atoms with E-state index in [0.29, 0.717) is 0 Å². The van der Waals surface area contributed by atoms with Crippen molar-refractivity contribution in [1.82, 2.24) is 5.32 Å². The highest BCUT2D eigenvalue weighted by atomic mass is 19.1. The first-order valence-electron chi connectivity index (χ1n) is 4.55. The van der Waals surface area contributed by atoms with E-state index in [4.69, 9.17) is 0 Å². The van der Waals surface area contributed by atoms with Gasteiger partial charge < -0.3 is 0 Å². The van der Waals surface area contributed by atoms with Crippen LogP contribution < -0.4 is 5.32 Å². The van der Waals surface area contributed by atoms with Crippen LogP contribution in [-0.4, -0.2) is 11.8 Å². The number of carbonyl (C=O) groups excluding carboxylic acids is 2. The van der Waals surface area contributed by atoms with Gasteiger partial charge in [0.05, 0.1) is 6.42 Å². The fraction of sp³-hybridized carbons (Fsp3) is 0.0909. The fourth-order valence-corrected chi connectivity index (χ4v) is 1.48. The molecule has 0 bridgehead atoms. The molecule has 1 N–H and O–H groups in total. The lowest BCUT2D eigenvalue weighted by molar-refractivity contribution is -0.124. The summed E-state index contributed by atoms with van der Waals surface area (Å²) in [6.45, 7) is 0. The zero-order valence-electron chi connectivity index (χ0n) is 8.09. The van der Waals surface area contributed by atoms with Gasteiger partial charge in [0, 0.05) is 11.6 Å². The summed E-state index contributed by atoms with van der Waals surface area (Å²) in [5, 5.41) is 2.08. The molecule has 0 spiro atoms. The monoisotopic (exact) mass is 223 g/mol. The normalized spacial score (nSPS) is 18.0. The molecule has 16 heavy (non-hydrogen) atoms. The summed E-state index contributed by atoms with van der Waals surface area (Å²) < 4.78 is 25.7. The van der Waals surface area contributed by atoms with Crippen molar-refractivity contribution in [2.45, 2.75) is 6.42 Å². The highest BCUT2D eigenvalue weighted by Crippen LogP contribution is 2.16. The second kappa shape index (κ2) is 3.84. The molecule has 2 rings (SSSR count). The SMILES string of the molecule is O=C1C/C(=C\c2cc(F)cc(F)c2)C(=O)N1. The highest BCUT2D eigenvalue weighted by molar-refractivity contribution is 6.15. The van der Waals surface area contributed by atoms with Crippen molar-refractivity contribution in [2.24, 2.45) is 0 Å². The van der Waals surface area contributed by atoms with E-state index in [9.17, 15) is 18.4 Å². The largest absolute Gasteiger partial charge is 0.292 e. The third-order valence-corrected chi connectivity index (χ3v) is 2.12. The molecular formula is C11H7F2NO2. The van der Waals surface area contributed by atoms with Gasteiger partial charge in [-0.2, -0.15) is 0 Å². The van der Waals surface area contributed by atoms with E-state index < -0.39 is 23.4 Å². The Morgan fingerprint density at radius 2 is 1.75 bits per heavy atom. The Morgan fingerprint density at radius 3 is 2.25 bits per heavy atom. The van der Waals surface area contributed by atoms with Crippen molar-refractivity contribution in [2.75, 3.05) is 0 Å². The first kappa shape index (κ1) is 10.5. The number of carbonyl (C=O) groups is 2. The summed E-state index contributed by atoms with van der Waals surface area (Å²) in [5.74, 6) is -2.38. The first-order chi connectivity index (χ1) is 7.54. The summed E-state index contributed by atoms with van der Waals surface area (Å²) in [5.41, 5.74) is 0.423. The van der Waals surface area contributed by atoms with Gasteiger partial charge in [-0.05, 0) is 23.8 Å². The predicted octanol–water partition coefficient (Wildman–Crippen LogP) is 1.39. The lowest BCUT2D eigenvalue weighted by Crippen LogP contribution is -2.19. The standard InChI is InChI=1S/C11H7F2NO2/c12-8-2-6(3-9(13)5-8)1-7-4-10(15)14-11(7)16/h1-3,5H,4H2,(H,14,15,16)/b7-1+. The third-order valence-electron chi connectivity index (χ3n) is 2.12. The van der Waals surface area contributed by atoms with E-state index in [-0.39, 0.29) is 17.6 Å². The smallest absolute Gasteiger partial charge is 0.254 e. The van der Waals surface area contributed by atoms with Crippen LogP contribution in [0.15, 0.2) is 23.8 Å². The van der Waals surface area contributed by atoms with Crippen LogP contribution in [-0.2, 0) is 9.59 Å². The quantitative estimate of drug-likeness (QED) is 0.577. The minimum atomic E-state index is -0.725. The second-order valence-electron chi connectivity index (χ2n) is 3.43. The Morgan fingerprint density at radius 1 is 1.12 bits per heavy atom. The summed E-state index contributed by atoms with van der Waals surface area (Å²) in [6, 6.07) is 2.92. The number of nitrogens with one attached hydrogen (secondary N) is 1. The second-order valence-corrected chi connectivity index (χ2v) is 3.43. The van der Waals surface area contributed by atoms with Gasteiger partial charge in [-0.1, -0.05) is 0 Å². The van der Waals surface area contributed by atoms with Gasteiger partial charge in [0.1, 0.15) is 11.6 Å². The maximum atomic E-state index is 12.8. The summed E-state index contributed by atoms with van der Waals surface area (Å²) >= 11 is 0. The van der Waals surface area contributed by atoms with E-state index >= 15 is 0 Å². The molecule has 2 amide bonds. The number of rotatable bonds is 1. The molecule has 1 saturated heterocycles. The van der Waals surface area contributed by atoms with Gasteiger partial charge in [-0.25, -0.2) is 8.78 Å². The maximum absolute atomic E-state index is 12.8. The van der Waals surface area contributed by atoms with Gasteiger partial charge in [0.2, 0.25) is 5.91 Å². The van der Waals surface area contributed by atoms with E-state index in [1.54, 1.807) is 0 Å². The van der Waals surface area contributed by atoms with E-state index in [2.05, 4.69) is 5.32 Å². The summed E-state index contributed by atoms with van der Waals surface area (Å²) in [7, 11) is 0. The summed E-state index contributed by atoms with van der Waals surface area (Å²) in [4.78, 5) is 22.0. The molecule has 0 atom stereocenters. The molecule has 1 heterocycles. The average Bonchev–Trinajstić information content (AvgIpc) is 2.43. The number of amides is 2. The third kappa shape index (κ3) is 2.13. The van der Waals surface area contributed by atoms with E-state index in [1.165, 1.54) is 6.08 Å². The van der Waals surface area contributed by atoms with Crippen molar-refractivity contribution in [3.05, 3.63) is 41.0 Å². The Kier molecular flexibility index (Phi) is 2.52. The number of hydrogen-bond donors (Lipinski definition) is 1. The number of halogens is 2. The number of imide groups is 1. The molecule has 5 heteroatoms. The Bertz CT molecular complexity index is 488. The molecule has 1 aliphatic heterocycles. The maximum Gasteiger partial charge on any atom is 0.254 e. The lowest BCUT2D eigenvalue weighted by atomic mass is 10.1. The first-order valence-corrected chi connectivity index (χ1v) is 4.55. The molecule has 0 radical (unpaired) electrons. The van der Waals surface area contributed by atoms with Gasteiger partial charge in [-0.15, -0.1) is 0 Å². The molecule has 0 aromatic heterocycles. The van der Waals surface area contributed by atoms with Gasteiger partial charge >= 0.3 is 0 Å². The van der Waals surface area contributed by atoms with Crippen molar-refractivity contribution in [3.8, 4) is 0 Å². The molecular weight excluding hydrogens is 216 g/mol. The van der Waals surface area contributed by atoms with Crippen LogP contribution in [0.1, 0.15) is 12.0 Å². The van der Waals surface area contributed by atoms with Crippen LogP contribution >= 0.6 is 0 Å². The zero-order chi connectivity index (χ0) is 11.7. The topological polar surface area (TPSA) is 46.2 Å². The molecule has 0 aliphatic carbocycles. The van der Waals surface area contributed by atoms with Gasteiger partial charge in [0.25, 0.3) is 5.91 Å². The van der Waals surface area contributed by atoms with Crippen LogP contribution in [0.2, 0.25) is 0 Å². The number of hydrogen-bond acceptors (Lipinski definition) is 2. The molecule has 1 aromatic rings.